The van der Waals surface area contributed by atoms with Crippen LogP contribution in [-0.4, -0.2) is 23.9 Å². The van der Waals surface area contributed by atoms with Crippen molar-refractivity contribution in [1.82, 2.24) is 4.90 Å². The molecule has 0 saturated heterocycles. The first-order chi connectivity index (χ1) is 7.89. The SMILES string of the molecule is O=Cc1cc2c(cc1F)CN(CC(F)(F)F)C2. The molecular weight excluding hydrogens is 238 g/mol. The molecule has 6 heteroatoms. The molecule has 0 bridgehead atoms. The number of hydrogen-bond acceptors (Lipinski definition) is 2. The Labute approximate surface area is 94.8 Å². The topological polar surface area (TPSA) is 20.3 Å². The van der Waals surface area contributed by atoms with Crippen molar-refractivity contribution < 1.29 is 22.4 Å². The molecule has 2 nitrogen and oxygen atoms in total. The molecule has 0 fully saturated rings. The molecule has 0 saturated carbocycles. The third kappa shape index (κ3) is 2.63. The van der Waals surface area contributed by atoms with E-state index in [2.05, 4.69) is 0 Å². The van der Waals surface area contributed by atoms with Gasteiger partial charge in [0.2, 0.25) is 0 Å². The summed E-state index contributed by atoms with van der Waals surface area (Å²) in [5, 5.41) is 0. The number of carbonyl (C=O) groups is 1. The molecule has 0 aliphatic carbocycles. The Balaban J connectivity index is 2.19. The molecule has 0 spiro atoms. The van der Waals surface area contributed by atoms with E-state index in [0.29, 0.717) is 17.4 Å². The van der Waals surface area contributed by atoms with Crippen molar-refractivity contribution in [3.8, 4) is 0 Å². The maximum atomic E-state index is 13.2. The first kappa shape index (κ1) is 12.0. The van der Waals surface area contributed by atoms with Crippen molar-refractivity contribution in [1.29, 1.82) is 0 Å². The zero-order chi connectivity index (χ0) is 12.6. The molecule has 17 heavy (non-hydrogen) atoms. The van der Waals surface area contributed by atoms with Crippen molar-refractivity contribution >= 4 is 6.29 Å². The first-order valence-electron chi connectivity index (χ1n) is 4.94. The molecule has 0 radical (unpaired) electrons. The van der Waals surface area contributed by atoms with Crippen LogP contribution in [0.5, 0.6) is 0 Å². The first-order valence-corrected chi connectivity index (χ1v) is 4.94. The van der Waals surface area contributed by atoms with Gasteiger partial charge in [-0.1, -0.05) is 0 Å². The van der Waals surface area contributed by atoms with Crippen LogP contribution >= 0.6 is 0 Å². The summed E-state index contributed by atoms with van der Waals surface area (Å²) in [5.41, 5.74) is 0.979. The van der Waals surface area contributed by atoms with Crippen LogP contribution in [0, 0.1) is 5.82 Å². The fraction of sp³-hybridized carbons (Fsp3) is 0.364. The zero-order valence-corrected chi connectivity index (χ0v) is 8.72. The molecular formula is C11H9F4NO. The Morgan fingerprint density at radius 1 is 1.24 bits per heavy atom. The van der Waals surface area contributed by atoms with E-state index in [1.54, 1.807) is 0 Å². The molecule has 1 aromatic rings. The predicted molar refractivity (Wildman–Crippen MR) is 52.0 cm³/mol. The quantitative estimate of drug-likeness (QED) is 0.591. The molecule has 0 unspecified atom stereocenters. The Morgan fingerprint density at radius 2 is 1.82 bits per heavy atom. The van der Waals surface area contributed by atoms with Crippen LogP contribution in [0.15, 0.2) is 12.1 Å². The summed E-state index contributed by atoms with van der Waals surface area (Å²) in [6.07, 6.45) is -3.91. The number of benzene rings is 1. The summed E-state index contributed by atoms with van der Waals surface area (Å²) < 4.78 is 49.8. The van der Waals surface area contributed by atoms with E-state index in [0.717, 1.165) is 6.07 Å². The van der Waals surface area contributed by atoms with Gasteiger partial charge in [-0.15, -0.1) is 0 Å². The Hall–Kier alpha value is -1.43. The molecule has 92 valence electrons. The van der Waals surface area contributed by atoms with E-state index in [1.807, 2.05) is 0 Å². The van der Waals surface area contributed by atoms with E-state index < -0.39 is 18.5 Å². The highest BCUT2D eigenvalue weighted by atomic mass is 19.4. The summed E-state index contributed by atoms with van der Waals surface area (Å²) in [6.45, 7) is -0.874. The number of carbonyl (C=O) groups excluding carboxylic acids is 1. The molecule has 0 aromatic heterocycles. The minimum Gasteiger partial charge on any atom is -0.298 e. The van der Waals surface area contributed by atoms with Crippen molar-refractivity contribution in [3.63, 3.8) is 0 Å². The molecule has 1 aliphatic heterocycles. The van der Waals surface area contributed by atoms with Gasteiger partial charge in [-0.25, -0.2) is 4.39 Å². The Morgan fingerprint density at radius 3 is 2.35 bits per heavy atom. The molecule has 1 aliphatic rings. The molecule has 2 rings (SSSR count). The standard InChI is InChI=1S/C11H9F4NO/c12-10-2-8-4-16(6-11(13,14)15)3-7(8)1-9(10)5-17/h1-2,5H,3-4,6H2. The third-order valence-corrected chi connectivity index (χ3v) is 2.64. The van der Waals surface area contributed by atoms with E-state index in [9.17, 15) is 22.4 Å². The maximum Gasteiger partial charge on any atom is 0.401 e. The van der Waals surface area contributed by atoms with Gasteiger partial charge in [0.1, 0.15) is 5.82 Å². The van der Waals surface area contributed by atoms with Crippen molar-refractivity contribution in [2.75, 3.05) is 6.54 Å². The van der Waals surface area contributed by atoms with Crippen molar-refractivity contribution in [2.24, 2.45) is 0 Å². The highest BCUT2D eigenvalue weighted by Gasteiger charge is 2.33. The van der Waals surface area contributed by atoms with Crippen LogP contribution in [0.1, 0.15) is 21.5 Å². The minimum atomic E-state index is -4.27. The number of nitrogens with zero attached hydrogens (tertiary/aromatic N) is 1. The number of alkyl halides is 3. The smallest absolute Gasteiger partial charge is 0.298 e. The average Bonchev–Trinajstić information content (AvgIpc) is 2.54. The maximum absolute atomic E-state index is 13.2. The minimum absolute atomic E-state index is 0.0604. The second-order valence-corrected chi connectivity index (χ2v) is 4.02. The summed E-state index contributed by atoms with van der Waals surface area (Å²) in [4.78, 5) is 11.7. The van der Waals surface area contributed by atoms with Gasteiger partial charge in [0.05, 0.1) is 12.1 Å². The highest BCUT2D eigenvalue weighted by molar-refractivity contribution is 5.76. The van der Waals surface area contributed by atoms with Crippen LogP contribution in [0.2, 0.25) is 0 Å². The van der Waals surface area contributed by atoms with Gasteiger partial charge in [-0.05, 0) is 23.3 Å². The summed E-state index contributed by atoms with van der Waals surface area (Å²) >= 11 is 0. The molecule has 0 amide bonds. The lowest BCUT2D eigenvalue weighted by Gasteiger charge is -2.16. The van der Waals surface area contributed by atoms with Crippen LogP contribution in [0.4, 0.5) is 17.6 Å². The monoisotopic (exact) mass is 247 g/mol. The number of aldehydes is 1. The van der Waals surface area contributed by atoms with Gasteiger partial charge < -0.3 is 0 Å². The van der Waals surface area contributed by atoms with E-state index >= 15 is 0 Å². The van der Waals surface area contributed by atoms with Gasteiger partial charge in [-0.2, -0.15) is 13.2 Å². The fourth-order valence-corrected chi connectivity index (χ4v) is 1.97. The third-order valence-electron chi connectivity index (χ3n) is 2.64. The van der Waals surface area contributed by atoms with E-state index in [-0.39, 0.29) is 18.7 Å². The second kappa shape index (κ2) is 4.10. The molecule has 1 heterocycles. The Bertz CT molecular complexity index is 456. The lowest BCUT2D eigenvalue weighted by atomic mass is 10.1. The lowest BCUT2D eigenvalue weighted by molar-refractivity contribution is -0.146. The summed E-state index contributed by atoms with van der Waals surface area (Å²) in [7, 11) is 0. The summed E-state index contributed by atoms with van der Waals surface area (Å²) in [5.74, 6) is -0.687. The van der Waals surface area contributed by atoms with Crippen LogP contribution in [-0.2, 0) is 13.1 Å². The van der Waals surface area contributed by atoms with Gasteiger partial charge in [-0.3, -0.25) is 9.69 Å². The number of fused-ring (bicyclic) bond motifs is 1. The zero-order valence-electron chi connectivity index (χ0n) is 8.72. The fourth-order valence-electron chi connectivity index (χ4n) is 1.97. The number of halogens is 4. The van der Waals surface area contributed by atoms with Crippen molar-refractivity contribution in [2.45, 2.75) is 19.3 Å². The molecule has 0 atom stereocenters. The van der Waals surface area contributed by atoms with Crippen molar-refractivity contribution in [3.05, 3.63) is 34.6 Å². The van der Waals surface area contributed by atoms with Crippen LogP contribution in [0.3, 0.4) is 0 Å². The summed E-state index contributed by atoms with van der Waals surface area (Å²) in [6, 6.07) is 2.45. The normalized spacial score (nSPS) is 16.0. The molecule has 1 aromatic carbocycles. The highest BCUT2D eigenvalue weighted by Crippen LogP contribution is 2.28. The largest absolute Gasteiger partial charge is 0.401 e. The van der Waals surface area contributed by atoms with Gasteiger partial charge in [0.15, 0.2) is 6.29 Å². The van der Waals surface area contributed by atoms with E-state index in [1.165, 1.54) is 11.0 Å². The lowest BCUT2D eigenvalue weighted by Crippen LogP contribution is -2.29. The van der Waals surface area contributed by atoms with Crippen LogP contribution in [0.25, 0.3) is 0 Å². The van der Waals surface area contributed by atoms with Gasteiger partial charge in [0.25, 0.3) is 0 Å². The molecule has 0 N–H and O–H groups in total. The predicted octanol–water partition coefficient (Wildman–Crippen LogP) is 2.52. The second-order valence-electron chi connectivity index (χ2n) is 4.02. The van der Waals surface area contributed by atoms with Gasteiger partial charge >= 0.3 is 6.18 Å². The Kier molecular flexibility index (Phi) is 2.91. The van der Waals surface area contributed by atoms with Gasteiger partial charge in [0, 0.05) is 13.1 Å². The van der Waals surface area contributed by atoms with Crippen LogP contribution < -0.4 is 0 Å². The average molecular weight is 247 g/mol. The van der Waals surface area contributed by atoms with E-state index in [4.69, 9.17) is 0 Å². The number of rotatable bonds is 2. The number of hydrogen-bond donors (Lipinski definition) is 0.